The first-order chi connectivity index (χ1) is 6.24. The average molecular weight is 222 g/mol. The van der Waals surface area contributed by atoms with Gasteiger partial charge >= 0.3 is 0 Å². The Labute approximate surface area is 83.5 Å². The topological polar surface area (TPSA) is 43.4 Å². The first-order valence-electron chi connectivity index (χ1n) is 4.18. The molecule has 0 saturated carbocycles. The van der Waals surface area contributed by atoms with Gasteiger partial charge in [-0.25, -0.2) is 0 Å². The zero-order chi connectivity index (χ0) is 9.68. The second kappa shape index (κ2) is 5.54. The van der Waals surface area contributed by atoms with Gasteiger partial charge in [-0.2, -0.15) is 0 Å². The molecular weight excluding hydrogens is 208 g/mol. The molecule has 0 radical (unpaired) electrons. The third kappa shape index (κ3) is 3.60. The Balaban J connectivity index is 2.33. The summed E-state index contributed by atoms with van der Waals surface area (Å²) in [6, 6.07) is 0. The molecule has 1 aliphatic rings. The maximum absolute atomic E-state index is 11.4. The molecule has 0 amide bonds. The van der Waals surface area contributed by atoms with Gasteiger partial charge in [-0.3, -0.25) is 8.42 Å². The van der Waals surface area contributed by atoms with Gasteiger partial charge in [-0.15, -0.1) is 0 Å². The van der Waals surface area contributed by atoms with Crippen LogP contribution in [0.2, 0.25) is 0 Å². The van der Waals surface area contributed by atoms with Gasteiger partial charge in [0.2, 0.25) is 0 Å². The van der Waals surface area contributed by atoms with Crippen LogP contribution in [0.1, 0.15) is 6.42 Å². The monoisotopic (exact) mass is 222 g/mol. The molecular formula is C8H14O3S2. The fourth-order valence-electron chi connectivity index (χ4n) is 1.21. The number of ether oxygens (including phenoxy) is 1. The van der Waals surface area contributed by atoms with Crippen molar-refractivity contribution in [2.45, 2.75) is 11.7 Å². The standard InChI is InChI=1S/C8H14O3S2/c1-2-11-4-3-8-7-12(9)5-6-13(8)10/h2,8H,1,3-7H2. The molecule has 1 rings (SSSR count). The summed E-state index contributed by atoms with van der Waals surface area (Å²) in [5, 5.41) is 0.0505. The van der Waals surface area contributed by atoms with Crippen molar-refractivity contribution >= 4 is 21.6 Å². The lowest BCUT2D eigenvalue weighted by molar-refractivity contribution is 0.246. The summed E-state index contributed by atoms with van der Waals surface area (Å²) in [5.41, 5.74) is 0. The molecule has 3 unspecified atom stereocenters. The molecule has 1 heterocycles. The van der Waals surface area contributed by atoms with E-state index in [2.05, 4.69) is 6.58 Å². The van der Waals surface area contributed by atoms with Gasteiger partial charge in [0.05, 0.1) is 12.9 Å². The fraction of sp³-hybridized carbons (Fsp3) is 0.750. The third-order valence-corrected chi connectivity index (χ3v) is 5.59. The molecule has 13 heavy (non-hydrogen) atoms. The lowest BCUT2D eigenvalue weighted by Gasteiger charge is -2.20. The zero-order valence-corrected chi connectivity index (χ0v) is 9.07. The van der Waals surface area contributed by atoms with Crippen LogP contribution in [-0.4, -0.2) is 37.5 Å². The molecule has 0 aromatic heterocycles. The van der Waals surface area contributed by atoms with E-state index in [4.69, 9.17) is 4.74 Å². The molecule has 0 aromatic carbocycles. The minimum Gasteiger partial charge on any atom is -0.502 e. The summed E-state index contributed by atoms with van der Waals surface area (Å²) in [7, 11) is -1.58. The zero-order valence-electron chi connectivity index (χ0n) is 7.44. The summed E-state index contributed by atoms with van der Waals surface area (Å²) in [5.74, 6) is 1.73. The van der Waals surface area contributed by atoms with Crippen molar-refractivity contribution in [1.82, 2.24) is 0 Å². The van der Waals surface area contributed by atoms with Crippen LogP contribution >= 0.6 is 0 Å². The van der Waals surface area contributed by atoms with Crippen LogP contribution in [0, 0.1) is 0 Å². The van der Waals surface area contributed by atoms with Crippen LogP contribution in [0.25, 0.3) is 0 Å². The Bertz CT molecular complexity index is 227. The van der Waals surface area contributed by atoms with Crippen LogP contribution in [0.5, 0.6) is 0 Å². The summed E-state index contributed by atoms with van der Waals surface area (Å²) in [6.07, 6.45) is 2.09. The molecule has 0 bridgehead atoms. The Morgan fingerprint density at radius 2 is 2.23 bits per heavy atom. The van der Waals surface area contributed by atoms with Crippen molar-refractivity contribution in [3.8, 4) is 0 Å². The van der Waals surface area contributed by atoms with E-state index in [1.54, 1.807) is 0 Å². The van der Waals surface area contributed by atoms with Gasteiger partial charge in [0.25, 0.3) is 0 Å². The van der Waals surface area contributed by atoms with Crippen molar-refractivity contribution in [1.29, 1.82) is 0 Å². The van der Waals surface area contributed by atoms with Crippen molar-refractivity contribution in [3.63, 3.8) is 0 Å². The molecule has 0 aromatic rings. The minimum absolute atomic E-state index is 0.0505. The molecule has 0 spiro atoms. The fourth-order valence-corrected chi connectivity index (χ4v) is 5.11. The highest BCUT2D eigenvalue weighted by molar-refractivity contribution is 7.92. The Kier molecular flexibility index (Phi) is 4.66. The molecule has 1 fully saturated rings. The second-order valence-corrected chi connectivity index (χ2v) is 6.30. The van der Waals surface area contributed by atoms with E-state index in [0.717, 1.165) is 0 Å². The molecule has 3 nitrogen and oxygen atoms in total. The van der Waals surface area contributed by atoms with Gasteiger partial charge in [-0.1, -0.05) is 6.58 Å². The van der Waals surface area contributed by atoms with Crippen LogP contribution in [-0.2, 0) is 26.3 Å². The predicted molar refractivity (Wildman–Crippen MR) is 55.4 cm³/mol. The molecule has 1 aliphatic heterocycles. The van der Waals surface area contributed by atoms with Gasteiger partial charge in [0.15, 0.2) is 0 Å². The van der Waals surface area contributed by atoms with E-state index in [0.29, 0.717) is 30.3 Å². The smallest absolute Gasteiger partial charge is 0.0884 e. The maximum Gasteiger partial charge on any atom is 0.0884 e. The molecule has 76 valence electrons. The lowest BCUT2D eigenvalue weighted by Crippen LogP contribution is -2.34. The number of rotatable bonds is 4. The van der Waals surface area contributed by atoms with Crippen LogP contribution in [0.4, 0.5) is 0 Å². The summed E-state index contributed by atoms with van der Waals surface area (Å²) < 4.78 is 27.5. The molecule has 1 saturated heterocycles. The van der Waals surface area contributed by atoms with Crippen molar-refractivity contribution in [2.24, 2.45) is 0 Å². The SMILES string of the molecule is C=COCCC1CS(=O)CCS1=O. The third-order valence-electron chi connectivity index (χ3n) is 1.93. The van der Waals surface area contributed by atoms with E-state index in [1.165, 1.54) is 6.26 Å². The highest BCUT2D eigenvalue weighted by atomic mass is 32.2. The van der Waals surface area contributed by atoms with E-state index in [-0.39, 0.29) is 5.25 Å². The van der Waals surface area contributed by atoms with Crippen LogP contribution in [0.3, 0.4) is 0 Å². The second-order valence-electron chi connectivity index (χ2n) is 2.84. The maximum atomic E-state index is 11.4. The Hall–Kier alpha value is -0.160. The summed E-state index contributed by atoms with van der Waals surface area (Å²) >= 11 is 0. The predicted octanol–water partition coefficient (Wildman–Crippen LogP) is 0.416. The van der Waals surface area contributed by atoms with Gasteiger partial charge < -0.3 is 4.74 Å². The molecule has 0 N–H and O–H groups in total. The van der Waals surface area contributed by atoms with Crippen molar-refractivity contribution in [2.75, 3.05) is 23.9 Å². The average Bonchev–Trinajstić information content (AvgIpc) is 2.11. The first-order valence-corrected chi connectivity index (χ1v) is 7.05. The van der Waals surface area contributed by atoms with Crippen LogP contribution in [0.15, 0.2) is 12.8 Å². The van der Waals surface area contributed by atoms with Gasteiger partial charge in [0, 0.05) is 44.1 Å². The summed E-state index contributed by atoms with van der Waals surface area (Å²) in [4.78, 5) is 0. The van der Waals surface area contributed by atoms with E-state index >= 15 is 0 Å². The largest absolute Gasteiger partial charge is 0.502 e. The van der Waals surface area contributed by atoms with Crippen molar-refractivity contribution in [3.05, 3.63) is 12.8 Å². The van der Waals surface area contributed by atoms with Crippen LogP contribution < -0.4 is 0 Å². The number of hydrogen-bond acceptors (Lipinski definition) is 3. The molecule has 3 atom stereocenters. The van der Waals surface area contributed by atoms with E-state index < -0.39 is 21.6 Å². The summed E-state index contributed by atoms with van der Waals surface area (Å²) in [6.45, 7) is 3.94. The normalized spacial score (nSPS) is 34.0. The quantitative estimate of drug-likeness (QED) is 0.511. The highest BCUT2D eigenvalue weighted by Crippen LogP contribution is 2.11. The van der Waals surface area contributed by atoms with E-state index in [9.17, 15) is 8.42 Å². The lowest BCUT2D eigenvalue weighted by atomic mass is 10.3. The Morgan fingerprint density at radius 3 is 2.92 bits per heavy atom. The Morgan fingerprint density at radius 1 is 1.46 bits per heavy atom. The first kappa shape index (κ1) is 10.9. The highest BCUT2D eigenvalue weighted by Gasteiger charge is 2.24. The molecule has 0 aliphatic carbocycles. The minimum atomic E-state index is -0.810. The van der Waals surface area contributed by atoms with E-state index in [1.807, 2.05) is 0 Å². The molecule has 5 heteroatoms. The van der Waals surface area contributed by atoms with Gasteiger partial charge in [0.1, 0.15) is 0 Å². The van der Waals surface area contributed by atoms with Crippen molar-refractivity contribution < 1.29 is 13.2 Å². The van der Waals surface area contributed by atoms with Gasteiger partial charge in [-0.05, 0) is 6.42 Å². The number of hydrogen-bond donors (Lipinski definition) is 0.